The highest BCUT2D eigenvalue weighted by Crippen LogP contribution is 2.38. The molecular formula is C54H85N3O15. The van der Waals surface area contributed by atoms with Gasteiger partial charge in [0.25, 0.3) is 0 Å². The van der Waals surface area contributed by atoms with Crippen LogP contribution < -0.4 is 0 Å². The molecule has 18 nitrogen and oxygen atoms in total. The number of carbonyl (C=O) groups excluding carboxylic acids is 4. The fourth-order valence-electron chi connectivity index (χ4n) is 10.7. The number of methoxy groups -OCH3 is 1. The highest BCUT2D eigenvalue weighted by molar-refractivity contribution is 5.78. The average molecular weight is 1020 g/mol. The Labute approximate surface area is 426 Å². The fraction of sp³-hybridized carbons (Fsp3) is 0.759. The summed E-state index contributed by atoms with van der Waals surface area (Å²) in [4.78, 5) is 60.2. The number of hydrogen-bond donors (Lipinski definition) is 3. The van der Waals surface area contributed by atoms with Crippen molar-refractivity contribution >= 4 is 35.1 Å². The van der Waals surface area contributed by atoms with Crippen LogP contribution in [0.3, 0.4) is 0 Å². The van der Waals surface area contributed by atoms with Gasteiger partial charge in [0.1, 0.15) is 36.3 Å². The Kier molecular flexibility index (Phi) is 23.2. The van der Waals surface area contributed by atoms with E-state index < -0.39 is 103 Å². The van der Waals surface area contributed by atoms with E-state index in [1.165, 1.54) is 12.7 Å². The molecule has 0 saturated carbocycles. The molecule has 0 bridgehead atoms. The Hall–Kier alpha value is -3.69. The summed E-state index contributed by atoms with van der Waals surface area (Å²) in [5.41, 5.74) is 0.691. The molecule has 18 heteroatoms. The van der Waals surface area contributed by atoms with Gasteiger partial charge in [-0.3, -0.25) is 19.4 Å². The number of pyridine rings is 1. The minimum absolute atomic E-state index is 0.000173. The van der Waals surface area contributed by atoms with E-state index in [1.807, 2.05) is 38.4 Å². The van der Waals surface area contributed by atoms with Crippen molar-refractivity contribution in [1.29, 1.82) is 0 Å². The van der Waals surface area contributed by atoms with Gasteiger partial charge in [0.15, 0.2) is 18.7 Å². The highest BCUT2D eigenvalue weighted by atomic mass is 16.7. The van der Waals surface area contributed by atoms with Gasteiger partial charge in [0.2, 0.25) is 0 Å². The lowest BCUT2D eigenvalue weighted by Gasteiger charge is -2.50. The van der Waals surface area contributed by atoms with Crippen molar-refractivity contribution in [2.24, 2.45) is 17.8 Å². The Morgan fingerprint density at radius 2 is 1.68 bits per heavy atom. The Bertz CT molecular complexity index is 2010. The van der Waals surface area contributed by atoms with Crippen LogP contribution in [0, 0.1) is 17.8 Å². The number of carbonyl (C=O) groups is 4. The van der Waals surface area contributed by atoms with Crippen molar-refractivity contribution in [2.45, 2.75) is 198 Å². The summed E-state index contributed by atoms with van der Waals surface area (Å²) in [7, 11) is 6.90. The number of para-hydroxylation sites is 1. The first-order chi connectivity index (χ1) is 34.3. The second kappa shape index (κ2) is 28.3. The van der Waals surface area contributed by atoms with E-state index in [2.05, 4.69) is 22.0 Å². The number of unbranched alkanes of at least 4 members (excludes halogenated alkanes) is 2. The van der Waals surface area contributed by atoms with Gasteiger partial charge in [-0.15, -0.1) is 0 Å². The van der Waals surface area contributed by atoms with Crippen molar-refractivity contribution in [3.05, 3.63) is 42.1 Å². The molecule has 16 atom stereocenters. The van der Waals surface area contributed by atoms with Crippen LogP contribution in [0.15, 0.2) is 36.5 Å². The zero-order chi connectivity index (χ0) is 52.7. The smallest absolute Gasteiger partial charge is 0.309 e. The average Bonchev–Trinajstić information content (AvgIpc) is 3.32. The lowest BCUT2D eigenvalue weighted by Crippen LogP contribution is -2.66. The number of aromatic nitrogens is 1. The first kappa shape index (κ1) is 59.2. The largest absolute Gasteiger partial charge is 0.466 e. The molecule has 3 aliphatic rings. The predicted molar refractivity (Wildman–Crippen MR) is 267 cm³/mol. The monoisotopic (exact) mass is 1020 g/mol. The zero-order valence-corrected chi connectivity index (χ0v) is 44.4. The SMILES string of the molecule is CCC(=O)O[C@@H]1CC(=O)OCCC(CCCCCc2cnc3ccccc3c2)CN(C)C[C@H](O)[C@H](C)C[C@H](CC=O)[C@H](O[C@@H]2OC(C)[C@@H](O[C@H]3CC(C)(O)[C@@H](OC(=O)CC)C(C)O3)C(N(C)C)C2O)[C@H]1OC. The maximum Gasteiger partial charge on any atom is 0.309 e. The Morgan fingerprint density at radius 3 is 2.36 bits per heavy atom. The van der Waals surface area contributed by atoms with Gasteiger partial charge in [-0.2, -0.15) is 0 Å². The van der Waals surface area contributed by atoms with Crippen molar-refractivity contribution < 1.29 is 72.4 Å². The van der Waals surface area contributed by atoms with E-state index in [4.69, 9.17) is 37.9 Å². The van der Waals surface area contributed by atoms with Crippen LogP contribution in [0.4, 0.5) is 0 Å². The number of nitrogens with zero attached hydrogens (tertiary/aromatic N) is 3. The third-order valence-electron chi connectivity index (χ3n) is 14.7. The van der Waals surface area contributed by atoms with Crippen LogP contribution in [0.5, 0.6) is 0 Å². The van der Waals surface area contributed by atoms with Crippen molar-refractivity contribution in [2.75, 3.05) is 47.9 Å². The van der Waals surface area contributed by atoms with Crippen LogP contribution in [-0.2, 0) is 63.5 Å². The number of ether oxygens (including phenoxy) is 8. The van der Waals surface area contributed by atoms with Gasteiger partial charge in [0.05, 0.1) is 49.0 Å². The van der Waals surface area contributed by atoms with Gasteiger partial charge in [-0.25, -0.2) is 0 Å². The number of aldehydes is 1. The molecule has 0 radical (unpaired) electrons. The predicted octanol–water partition coefficient (Wildman–Crippen LogP) is 5.17. The van der Waals surface area contributed by atoms with Gasteiger partial charge in [0, 0.05) is 57.5 Å². The molecular weight excluding hydrogens is 931 g/mol. The van der Waals surface area contributed by atoms with E-state index in [-0.39, 0.29) is 57.0 Å². The van der Waals surface area contributed by atoms with Crippen molar-refractivity contribution in [3.63, 3.8) is 0 Å². The summed E-state index contributed by atoms with van der Waals surface area (Å²) in [6.07, 6.45) is -3.36. The number of cyclic esters (lactones) is 1. The summed E-state index contributed by atoms with van der Waals surface area (Å²) >= 11 is 0. The van der Waals surface area contributed by atoms with Gasteiger partial charge < -0.3 is 67.8 Å². The summed E-state index contributed by atoms with van der Waals surface area (Å²) in [6, 6.07) is 9.52. The standard InChI is InChI=1S/C54H85N3O15/c1-11-43(60)69-42-28-45(62)66-25-23-36(18-14-13-15-19-37-27-38-20-16-17-21-40(38)55-30-37)31-57(9)32-41(59)33(3)26-39(22-24-58)50(51(42)65-10)72-53-48(63)47(56(7)8)49(34(4)68-53)71-46-29-54(6,64)52(35(5)67-46)70-44(61)12-2/h16-17,20-21,24,27,30,33-36,39,41-42,46-53,59,63-64H,11-15,18-19,22-23,25-26,28-29,31-32H2,1-10H3/t33-,34?,35?,36?,39+,41+,42-,46+,47?,48?,49-,50+,51+,52+,53+,54?/m1/s1. The summed E-state index contributed by atoms with van der Waals surface area (Å²) in [5.74, 6) is -2.57. The molecule has 406 valence electrons. The minimum atomic E-state index is -1.50. The zero-order valence-electron chi connectivity index (χ0n) is 44.4. The summed E-state index contributed by atoms with van der Waals surface area (Å²) < 4.78 is 49.4. The van der Waals surface area contributed by atoms with E-state index >= 15 is 0 Å². The number of fused-ring (bicyclic) bond motifs is 1. The second-order valence-electron chi connectivity index (χ2n) is 20.9. The lowest BCUT2D eigenvalue weighted by atomic mass is 9.82. The summed E-state index contributed by atoms with van der Waals surface area (Å²) in [6.45, 7) is 11.3. The van der Waals surface area contributed by atoms with Crippen LogP contribution in [0.2, 0.25) is 0 Å². The number of esters is 3. The molecule has 4 heterocycles. The van der Waals surface area contributed by atoms with Gasteiger partial charge in [-0.05, 0) is 109 Å². The number of likely N-dealkylation sites (N-methyl/N-ethyl adjacent to an activating group) is 2. The number of aliphatic hydroxyl groups excluding tert-OH is 2. The molecule has 5 rings (SSSR count). The minimum Gasteiger partial charge on any atom is -0.466 e. The molecule has 6 unspecified atom stereocenters. The van der Waals surface area contributed by atoms with Crippen molar-refractivity contribution in [1.82, 2.24) is 14.8 Å². The maximum absolute atomic E-state index is 13.8. The summed E-state index contributed by atoms with van der Waals surface area (Å²) in [5, 5.41) is 36.6. The number of aliphatic hydroxyl groups is 3. The van der Waals surface area contributed by atoms with E-state index in [9.17, 15) is 34.5 Å². The number of hydrogen-bond acceptors (Lipinski definition) is 18. The molecule has 0 spiro atoms. The second-order valence-corrected chi connectivity index (χ2v) is 20.9. The van der Waals surface area contributed by atoms with E-state index in [0.29, 0.717) is 19.5 Å². The molecule has 3 fully saturated rings. The first-order valence-corrected chi connectivity index (χ1v) is 26.2. The highest BCUT2D eigenvalue weighted by Gasteiger charge is 2.53. The maximum atomic E-state index is 13.8. The van der Waals surface area contributed by atoms with E-state index in [1.54, 1.807) is 53.6 Å². The fourth-order valence-corrected chi connectivity index (χ4v) is 10.7. The quantitative estimate of drug-likeness (QED) is 0.0759. The first-order valence-electron chi connectivity index (χ1n) is 26.2. The van der Waals surface area contributed by atoms with Crippen LogP contribution in [0.1, 0.15) is 118 Å². The topological polar surface area (TPSA) is 222 Å². The number of benzene rings is 1. The van der Waals surface area contributed by atoms with Crippen LogP contribution >= 0.6 is 0 Å². The molecule has 0 amide bonds. The van der Waals surface area contributed by atoms with Crippen molar-refractivity contribution in [3.8, 4) is 0 Å². The Balaban J connectivity index is 1.34. The molecule has 3 N–H and O–H groups in total. The third-order valence-corrected chi connectivity index (χ3v) is 14.7. The number of aryl methyl sites for hydroxylation is 1. The number of rotatable bonds is 18. The molecule has 72 heavy (non-hydrogen) atoms. The number of β-amino-alcohol motifs (C(OH)–C–C–N with tert-alkyl or cyclic N) is 1. The molecule has 3 saturated heterocycles. The van der Waals surface area contributed by atoms with Gasteiger partial charge in [-0.1, -0.05) is 51.8 Å². The third kappa shape index (κ3) is 16.7. The van der Waals surface area contributed by atoms with E-state index in [0.717, 1.165) is 49.3 Å². The molecule has 2 aromatic rings. The molecule has 1 aromatic carbocycles. The van der Waals surface area contributed by atoms with Crippen LogP contribution in [0.25, 0.3) is 10.9 Å². The molecule has 1 aromatic heterocycles. The molecule has 0 aliphatic carbocycles. The normalized spacial score (nSPS) is 34.9. The Morgan fingerprint density at radius 1 is 0.958 bits per heavy atom. The van der Waals surface area contributed by atoms with Gasteiger partial charge >= 0.3 is 17.9 Å². The molecule has 3 aliphatic heterocycles. The lowest BCUT2D eigenvalue weighted by molar-refractivity contribution is -0.344. The van der Waals surface area contributed by atoms with Crippen LogP contribution in [-0.4, -0.2) is 181 Å².